The van der Waals surface area contributed by atoms with E-state index < -0.39 is 17.7 Å². The van der Waals surface area contributed by atoms with E-state index in [-0.39, 0.29) is 17.3 Å². The van der Waals surface area contributed by atoms with Crippen LogP contribution >= 0.6 is 0 Å². The van der Waals surface area contributed by atoms with Crippen molar-refractivity contribution in [1.29, 1.82) is 0 Å². The number of carbonyl (C=O) groups excluding carboxylic acids is 2. The molecular weight excluding hydrogens is 426 g/mol. The number of hydrogen-bond donors (Lipinski definition) is 1. The lowest BCUT2D eigenvalue weighted by Crippen LogP contribution is -2.27. The maximum Gasteiger partial charge on any atom is 0.413 e. The van der Waals surface area contributed by atoms with Gasteiger partial charge in [0.2, 0.25) is 5.88 Å². The van der Waals surface area contributed by atoms with Crippen molar-refractivity contribution in [3.05, 3.63) is 72.1 Å². The number of methoxy groups -OCH3 is 1. The second-order valence-corrected chi connectivity index (χ2v) is 7.93. The summed E-state index contributed by atoms with van der Waals surface area (Å²) in [4.78, 5) is 32.1. The van der Waals surface area contributed by atoms with Crippen molar-refractivity contribution in [2.45, 2.75) is 33.0 Å². The number of anilines is 1. The topological polar surface area (TPSA) is 109 Å². The van der Waals surface area contributed by atoms with Gasteiger partial charge in [0, 0.05) is 6.07 Å². The molecule has 0 aliphatic heterocycles. The third-order valence-electron chi connectivity index (χ3n) is 4.03. The summed E-state index contributed by atoms with van der Waals surface area (Å²) in [6.45, 7) is 5.59. The van der Waals surface area contributed by atoms with Crippen LogP contribution < -0.4 is 14.8 Å². The Kier molecular flexibility index (Phi) is 7.45. The fourth-order valence-electron chi connectivity index (χ4n) is 2.65. The number of rotatable bonds is 7. The summed E-state index contributed by atoms with van der Waals surface area (Å²) in [6, 6.07) is 14.3. The number of hydrogen-bond acceptors (Lipinski definition) is 8. The first kappa shape index (κ1) is 23.5. The molecule has 9 heteroatoms. The normalized spacial score (nSPS) is 10.8. The zero-order valence-electron chi connectivity index (χ0n) is 18.8. The van der Waals surface area contributed by atoms with Crippen LogP contribution in [0.4, 0.5) is 10.6 Å². The van der Waals surface area contributed by atoms with E-state index in [9.17, 15) is 9.59 Å². The first-order chi connectivity index (χ1) is 15.7. The van der Waals surface area contributed by atoms with Crippen LogP contribution in [0.5, 0.6) is 17.4 Å². The predicted molar refractivity (Wildman–Crippen MR) is 121 cm³/mol. The van der Waals surface area contributed by atoms with E-state index in [2.05, 4.69) is 15.3 Å². The highest BCUT2D eigenvalue weighted by Crippen LogP contribution is 2.27. The van der Waals surface area contributed by atoms with Gasteiger partial charge in [0.25, 0.3) is 0 Å². The van der Waals surface area contributed by atoms with Gasteiger partial charge in [-0.3, -0.25) is 5.32 Å². The zero-order chi connectivity index (χ0) is 23.8. The monoisotopic (exact) mass is 451 g/mol. The lowest BCUT2D eigenvalue weighted by Gasteiger charge is -2.19. The molecule has 3 aromatic rings. The number of nitrogens with zero attached hydrogens (tertiary/aromatic N) is 2. The van der Waals surface area contributed by atoms with Crippen LogP contribution in [0.25, 0.3) is 0 Å². The second kappa shape index (κ2) is 10.4. The summed E-state index contributed by atoms with van der Waals surface area (Å²) in [6.07, 6.45) is 2.02. The number of ether oxygens (including phenoxy) is 4. The average Bonchev–Trinajstić information content (AvgIpc) is 2.78. The Bertz CT molecular complexity index is 1100. The van der Waals surface area contributed by atoms with Gasteiger partial charge in [0.1, 0.15) is 23.7 Å². The summed E-state index contributed by atoms with van der Waals surface area (Å²) in [5.41, 5.74) is 0.600. The van der Waals surface area contributed by atoms with Gasteiger partial charge >= 0.3 is 12.1 Å². The van der Waals surface area contributed by atoms with Gasteiger partial charge in [0.05, 0.1) is 25.1 Å². The molecule has 1 amide bonds. The second-order valence-electron chi connectivity index (χ2n) is 7.93. The average molecular weight is 451 g/mol. The molecule has 0 bridgehead atoms. The van der Waals surface area contributed by atoms with Gasteiger partial charge in [0.15, 0.2) is 5.82 Å². The van der Waals surface area contributed by atoms with Crippen LogP contribution in [0.2, 0.25) is 0 Å². The lowest BCUT2D eigenvalue weighted by molar-refractivity contribution is 0.0597. The van der Waals surface area contributed by atoms with Gasteiger partial charge in [-0.1, -0.05) is 30.3 Å². The number of carbonyl (C=O) groups is 2. The minimum absolute atomic E-state index is 0.153. The maximum atomic E-state index is 12.1. The van der Waals surface area contributed by atoms with E-state index in [4.69, 9.17) is 18.9 Å². The Morgan fingerprint density at radius 3 is 2.33 bits per heavy atom. The van der Waals surface area contributed by atoms with Crippen LogP contribution in [0, 0.1) is 0 Å². The maximum absolute atomic E-state index is 12.1. The Morgan fingerprint density at radius 2 is 1.70 bits per heavy atom. The summed E-state index contributed by atoms with van der Waals surface area (Å²) in [5, 5.41) is 2.49. The Balaban J connectivity index is 1.72. The van der Waals surface area contributed by atoms with Gasteiger partial charge < -0.3 is 18.9 Å². The van der Waals surface area contributed by atoms with E-state index in [0.717, 1.165) is 5.56 Å². The highest BCUT2D eigenvalue weighted by molar-refractivity contribution is 5.90. The third-order valence-corrected chi connectivity index (χ3v) is 4.03. The van der Waals surface area contributed by atoms with Crippen LogP contribution in [0.15, 0.2) is 60.9 Å². The molecule has 2 aromatic carbocycles. The Hall–Kier alpha value is -4.14. The van der Waals surface area contributed by atoms with Crippen molar-refractivity contribution < 1.29 is 28.5 Å². The summed E-state index contributed by atoms with van der Waals surface area (Å²) in [7, 11) is 1.29. The molecule has 3 rings (SSSR count). The highest BCUT2D eigenvalue weighted by Gasteiger charge is 2.17. The number of aromatic nitrogens is 2. The molecule has 0 fully saturated rings. The standard InChI is InChI=1S/C24H25N3O6/c1-24(2,3)33-23(29)27-20-13-26-21(14-25-20)32-19-11-17(22(28)30-4)10-18(12-19)31-15-16-8-6-5-7-9-16/h5-14H,15H2,1-4H3,(H,25,27,29). The number of nitrogens with one attached hydrogen (secondary N) is 1. The number of benzene rings is 2. The molecule has 0 radical (unpaired) electrons. The highest BCUT2D eigenvalue weighted by atomic mass is 16.6. The van der Waals surface area contributed by atoms with Crippen LogP contribution in [-0.4, -0.2) is 34.7 Å². The van der Waals surface area contributed by atoms with Gasteiger partial charge in [-0.05, 0) is 38.5 Å². The molecule has 0 aliphatic rings. The molecule has 1 aromatic heterocycles. The van der Waals surface area contributed by atoms with Crippen LogP contribution in [-0.2, 0) is 16.1 Å². The largest absolute Gasteiger partial charge is 0.489 e. The molecule has 0 spiro atoms. The predicted octanol–water partition coefficient (Wildman–Crippen LogP) is 4.98. The van der Waals surface area contributed by atoms with Gasteiger partial charge in [-0.2, -0.15) is 0 Å². The van der Waals surface area contributed by atoms with Crippen molar-refractivity contribution in [3.63, 3.8) is 0 Å². The van der Waals surface area contributed by atoms with Crippen molar-refractivity contribution >= 4 is 17.9 Å². The van der Waals surface area contributed by atoms with E-state index in [1.54, 1.807) is 32.9 Å². The summed E-state index contributed by atoms with van der Waals surface area (Å²) >= 11 is 0. The van der Waals surface area contributed by atoms with E-state index >= 15 is 0 Å². The molecule has 0 atom stereocenters. The van der Waals surface area contributed by atoms with Crippen molar-refractivity contribution in [2.75, 3.05) is 12.4 Å². The molecule has 0 saturated carbocycles. The first-order valence-electron chi connectivity index (χ1n) is 10.1. The van der Waals surface area contributed by atoms with Gasteiger partial charge in [-0.25, -0.2) is 19.6 Å². The Morgan fingerprint density at radius 1 is 0.970 bits per heavy atom. The third kappa shape index (κ3) is 7.49. The fraction of sp³-hybridized carbons (Fsp3) is 0.250. The Labute approximate surface area is 191 Å². The first-order valence-corrected chi connectivity index (χ1v) is 10.1. The molecule has 0 aliphatic carbocycles. The number of esters is 1. The summed E-state index contributed by atoms with van der Waals surface area (Å²) < 4.78 is 21.6. The van der Waals surface area contributed by atoms with Crippen LogP contribution in [0.1, 0.15) is 36.7 Å². The van der Waals surface area contributed by atoms with Crippen molar-refractivity contribution in [3.8, 4) is 17.4 Å². The zero-order valence-corrected chi connectivity index (χ0v) is 18.8. The lowest BCUT2D eigenvalue weighted by atomic mass is 10.2. The fourth-order valence-corrected chi connectivity index (χ4v) is 2.65. The van der Waals surface area contributed by atoms with Crippen LogP contribution in [0.3, 0.4) is 0 Å². The van der Waals surface area contributed by atoms with E-state index in [1.165, 1.54) is 25.6 Å². The van der Waals surface area contributed by atoms with Crippen molar-refractivity contribution in [2.24, 2.45) is 0 Å². The molecule has 0 saturated heterocycles. The SMILES string of the molecule is COC(=O)c1cc(OCc2ccccc2)cc(Oc2cnc(NC(=O)OC(C)(C)C)cn2)c1. The summed E-state index contributed by atoms with van der Waals surface area (Å²) in [5.74, 6) is 0.552. The number of amides is 1. The smallest absolute Gasteiger partial charge is 0.413 e. The quantitative estimate of drug-likeness (QED) is 0.501. The molecule has 1 heterocycles. The minimum atomic E-state index is -0.642. The molecule has 172 valence electrons. The van der Waals surface area contributed by atoms with Gasteiger partial charge in [-0.15, -0.1) is 0 Å². The van der Waals surface area contributed by atoms with E-state index in [1.807, 2.05) is 30.3 Å². The van der Waals surface area contributed by atoms with E-state index in [0.29, 0.717) is 18.1 Å². The van der Waals surface area contributed by atoms with Crippen molar-refractivity contribution in [1.82, 2.24) is 9.97 Å². The molecule has 33 heavy (non-hydrogen) atoms. The molecular formula is C24H25N3O6. The minimum Gasteiger partial charge on any atom is -0.489 e. The molecule has 1 N–H and O–H groups in total. The molecule has 9 nitrogen and oxygen atoms in total. The molecule has 0 unspecified atom stereocenters.